The standard InChI is InChI=1S/C18H17ClO4S/c1-12(23-15-5-3-4-14(19)10-15)18(21)22-11-17(20)13-6-8-16(24-2)9-7-13/h3-10,12H,11H2,1-2H3. The van der Waals surface area contributed by atoms with Crippen molar-refractivity contribution in [2.45, 2.75) is 17.9 Å². The minimum atomic E-state index is -0.838. The molecule has 0 spiro atoms. The number of hydrogen-bond acceptors (Lipinski definition) is 5. The number of halogens is 1. The molecule has 4 nitrogen and oxygen atoms in total. The van der Waals surface area contributed by atoms with Crippen LogP contribution in [0.4, 0.5) is 0 Å². The van der Waals surface area contributed by atoms with Gasteiger partial charge < -0.3 is 9.47 Å². The number of rotatable bonds is 7. The molecule has 2 aromatic carbocycles. The van der Waals surface area contributed by atoms with Crippen LogP contribution in [-0.4, -0.2) is 30.7 Å². The molecule has 0 aliphatic rings. The van der Waals surface area contributed by atoms with Crippen LogP contribution in [0.2, 0.25) is 5.02 Å². The van der Waals surface area contributed by atoms with E-state index in [1.807, 2.05) is 18.4 Å². The number of carbonyl (C=O) groups is 2. The zero-order valence-electron chi connectivity index (χ0n) is 13.3. The second kappa shape index (κ2) is 8.76. The highest BCUT2D eigenvalue weighted by atomic mass is 35.5. The predicted octanol–water partition coefficient (Wildman–Crippen LogP) is 4.26. The lowest BCUT2D eigenvalue weighted by atomic mass is 10.1. The molecule has 0 heterocycles. The van der Waals surface area contributed by atoms with E-state index in [1.165, 1.54) is 0 Å². The number of ether oxygens (including phenoxy) is 2. The Labute approximate surface area is 150 Å². The average Bonchev–Trinajstić information content (AvgIpc) is 2.59. The van der Waals surface area contributed by atoms with E-state index < -0.39 is 12.1 Å². The van der Waals surface area contributed by atoms with Gasteiger partial charge in [0.2, 0.25) is 0 Å². The van der Waals surface area contributed by atoms with E-state index >= 15 is 0 Å². The van der Waals surface area contributed by atoms with E-state index in [4.69, 9.17) is 21.1 Å². The van der Waals surface area contributed by atoms with Crippen LogP contribution in [0.5, 0.6) is 5.75 Å². The Kier molecular flexibility index (Phi) is 6.70. The van der Waals surface area contributed by atoms with Crippen LogP contribution in [0, 0.1) is 0 Å². The summed E-state index contributed by atoms with van der Waals surface area (Å²) >= 11 is 7.45. The van der Waals surface area contributed by atoms with Crippen LogP contribution in [0.3, 0.4) is 0 Å². The normalized spacial score (nSPS) is 11.6. The van der Waals surface area contributed by atoms with E-state index in [2.05, 4.69) is 0 Å². The van der Waals surface area contributed by atoms with Crippen molar-refractivity contribution in [1.82, 2.24) is 0 Å². The third-order valence-electron chi connectivity index (χ3n) is 3.20. The van der Waals surface area contributed by atoms with Gasteiger partial charge in [0.25, 0.3) is 0 Å². The fourth-order valence-electron chi connectivity index (χ4n) is 1.91. The summed E-state index contributed by atoms with van der Waals surface area (Å²) in [6, 6.07) is 13.9. The summed E-state index contributed by atoms with van der Waals surface area (Å²) in [5.41, 5.74) is 0.504. The molecule has 1 atom stereocenters. The Balaban J connectivity index is 1.86. The van der Waals surface area contributed by atoms with Crippen LogP contribution in [0.15, 0.2) is 53.4 Å². The molecule has 2 aromatic rings. The minimum absolute atomic E-state index is 0.258. The maximum Gasteiger partial charge on any atom is 0.347 e. The van der Waals surface area contributed by atoms with Gasteiger partial charge in [0.1, 0.15) is 5.75 Å². The Morgan fingerprint density at radius 1 is 1.17 bits per heavy atom. The summed E-state index contributed by atoms with van der Waals surface area (Å²) in [7, 11) is 0. The first-order valence-electron chi connectivity index (χ1n) is 7.25. The molecule has 6 heteroatoms. The first-order chi connectivity index (χ1) is 11.5. The summed E-state index contributed by atoms with van der Waals surface area (Å²) < 4.78 is 10.5. The predicted molar refractivity (Wildman–Crippen MR) is 95.1 cm³/mol. The highest BCUT2D eigenvalue weighted by Gasteiger charge is 2.18. The molecule has 24 heavy (non-hydrogen) atoms. The van der Waals surface area contributed by atoms with E-state index in [0.29, 0.717) is 16.3 Å². The molecule has 0 aliphatic heterocycles. The number of carbonyl (C=O) groups excluding carboxylic acids is 2. The minimum Gasteiger partial charge on any atom is -0.479 e. The van der Waals surface area contributed by atoms with E-state index in [-0.39, 0.29) is 12.4 Å². The SMILES string of the molecule is CSc1ccc(C(=O)COC(=O)C(C)Oc2cccc(Cl)c2)cc1. The van der Waals surface area contributed by atoms with Crippen molar-refractivity contribution in [2.24, 2.45) is 0 Å². The number of benzene rings is 2. The molecule has 0 aliphatic carbocycles. The van der Waals surface area contributed by atoms with Crippen molar-refractivity contribution in [3.8, 4) is 5.75 Å². The van der Waals surface area contributed by atoms with Gasteiger partial charge in [-0.25, -0.2) is 4.79 Å². The first kappa shape index (κ1) is 18.4. The Morgan fingerprint density at radius 3 is 2.50 bits per heavy atom. The second-order valence-corrected chi connectivity index (χ2v) is 6.29. The molecule has 1 unspecified atom stereocenters. The van der Waals surface area contributed by atoms with Crippen LogP contribution in [-0.2, 0) is 9.53 Å². The highest BCUT2D eigenvalue weighted by Crippen LogP contribution is 2.19. The van der Waals surface area contributed by atoms with Gasteiger partial charge in [-0.15, -0.1) is 11.8 Å². The fraction of sp³-hybridized carbons (Fsp3) is 0.222. The average molecular weight is 365 g/mol. The van der Waals surface area contributed by atoms with Gasteiger partial charge in [-0.3, -0.25) is 4.79 Å². The summed E-state index contributed by atoms with van der Waals surface area (Å²) in [6.45, 7) is 1.24. The van der Waals surface area contributed by atoms with E-state index in [9.17, 15) is 9.59 Å². The van der Waals surface area contributed by atoms with Gasteiger partial charge in [-0.05, 0) is 43.5 Å². The Hall–Kier alpha value is -1.98. The van der Waals surface area contributed by atoms with Crippen molar-refractivity contribution in [1.29, 1.82) is 0 Å². The summed E-state index contributed by atoms with van der Waals surface area (Å²) in [4.78, 5) is 25.0. The first-order valence-corrected chi connectivity index (χ1v) is 8.86. The topological polar surface area (TPSA) is 52.6 Å². The maximum atomic E-state index is 12.0. The molecule has 0 saturated carbocycles. The molecule has 0 amide bonds. The molecule has 2 rings (SSSR count). The molecular weight excluding hydrogens is 348 g/mol. The summed E-state index contributed by atoms with van der Waals surface area (Å²) in [5, 5.41) is 0.511. The number of hydrogen-bond donors (Lipinski definition) is 0. The molecule has 0 aromatic heterocycles. The highest BCUT2D eigenvalue weighted by molar-refractivity contribution is 7.98. The number of Topliss-reactive ketones (excluding diaryl/α,β-unsaturated/α-hetero) is 1. The lowest BCUT2D eigenvalue weighted by molar-refractivity contribution is -0.149. The summed E-state index contributed by atoms with van der Waals surface area (Å²) in [6.07, 6.45) is 1.12. The molecule has 0 bridgehead atoms. The lowest BCUT2D eigenvalue weighted by Gasteiger charge is -2.14. The number of esters is 1. The van der Waals surface area contributed by atoms with Gasteiger partial charge in [-0.1, -0.05) is 29.8 Å². The summed E-state index contributed by atoms with van der Waals surface area (Å²) in [5.74, 6) is -0.402. The quantitative estimate of drug-likeness (QED) is 0.417. The lowest BCUT2D eigenvalue weighted by Crippen LogP contribution is -2.28. The third kappa shape index (κ3) is 5.28. The van der Waals surface area contributed by atoms with E-state index in [1.54, 1.807) is 55.1 Å². The van der Waals surface area contributed by atoms with Crippen molar-refractivity contribution in [3.05, 3.63) is 59.1 Å². The van der Waals surface area contributed by atoms with Crippen LogP contribution in [0.25, 0.3) is 0 Å². The monoisotopic (exact) mass is 364 g/mol. The van der Waals surface area contributed by atoms with Crippen molar-refractivity contribution < 1.29 is 19.1 Å². The van der Waals surface area contributed by atoms with Crippen LogP contribution in [0.1, 0.15) is 17.3 Å². The smallest absolute Gasteiger partial charge is 0.347 e. The zero-order valence-corrected chi connectivity index (χ0v) is 14.9. The molecule has 0 radical (unpaired) electrons. The molecule has 0 N–H and O–H groups in total. The number of thioether (sulfide) groups is 1. The largest absolute Gasteiger partial charge is 0.479 e. The van der Waals surface area contributed by atoms with Gasteiger partial charge in [-0.2, -0.15) is 0 Å². The molecule has 0 saturated heterocycles. The molecular formula is C18H17ClO4S. The van der Waals surface area contributed by atoms with E-state index in [0.717, 1.165) is 4.90 Å². The maximum absolute atomic E-state index is 12.0. The van der Waals surface area contributed by atoms with Gasteiger partial charge >= 0.3 is 5.97 Å². The molecule has 0 fully saturated rings. The second-order valence-electron chi connectivity index (χ2n) is 4.98. The van der Waals surface area contributed by atoms with Crippen LogP contribution < -0.4 is 4.74 Å². The Bertz CT molecular complexity index is 715. The van der Waals surface area contributed by atoms with Gasteiger partial charge in [0.05, 0.1) is 0 Å². The zero-order chi connectivity index (χ0) is 17.5. The van der Waals surface area contributed by atoms with Gasteiger partial charge in [0.15, 0.2) is 18.5 Å². The van der Waals surface area contributed by atoms with Crippen molar-refractivity contribution in [3.63, 3.8) is 0 Å². The Morgan fingerprint density at radius 2 is 1.88 bits per heavy atom. The third-order valence-corrected chi connectivity index (χ3v) is 4.18. The van der Waals surface area contributed by atoms with Crippen LogP contribution >= 0.6 is 23.4 Å². The fourth-order valence-corrected chi connectivity index (χ4v) is 2.50. The van der Waals surface area contributed by atoms with Gasteiger partial charge in [0, 0.05) is 15.5 Å². The van der Waals surface area contributed by atoms with Crippen molar-refractivity contribution >= 4 is 35.1 Å². The molecule has 126 valence electrons. The number of ketones is 1. The van der Waals surface area contributed by atoms with Crippen molar-refractivity contribution in [2.75, 3.05) is 12.9 Å².